The van der Waals surface area contributed by atoms with Gasteiger partial charge in [-0.2, -0.15) is 0 Å². The van der Waals surface area contributed by atoms with Crippen molar-refractivity contribution in [3.05, 3.63) is 47.5 Å². The molecule has 1 aromatic heterocycles. The summed E-state index contributed by atoms with van der Waals surface area (Å²) in [6, 6.07) is 10.5. The van der Waals surface area contributed by atoms with Crippen LogP contribution in [0.15, 0.2) is 36.4 Å². The second-order valence-corrected chi connectivity index (χ2v) is 7.50. The van der Waals surface area contributed by atoms with E-state index in [9.17, 15) is 14.7 Å². The van der Waals surface area contributed by atoms with Crippen molar-refractivity contribution in [1.82, 2.24) is 9.47 Å². The van der Waals surface area contributed by atoms with Gasteiger partial charge in [0.2, 0.25) is 0 Å². The van der Waals surface area contributed by atoms with Gasteiger partial charge in [-0.05, 0) is 69.9 Å². The Bertz CT molecular complexity index is 1120. The zero-order valence-electron chi connectivity index (χ0n) is 19.0. The molecule has 2 aromatic carbocycles. The van der Waals surface area contributed by atoms with Crippen LogP contribution in [0.3, 0.4) is 0 Å². The lowest BCUT2D eigenvalue weighted by atomic mass is 10.0. The van der Waals surface area contributed by atoms with Crippen LogP contribution in [0.4, 0.5) is 0 Å². The lowest BCUT2D eigenvalue weighted by molar-refractivity contribution is -0.131. The van der Waals surface area contributed by atoms with E-state index in [1.165, 1.54) is 6.92 Å². The van der Waals surface area contributed by atoms with Gasteiger partial charge in [0.1, 0.15) is 11.5 Å². The normalized spacial score (nSPS) is 10.8. The predicted octanol–water partition coefficient (Wildman–Crippen LogP) is 4.62. The molecule has 32 heavy (non-hydrogen) atoms. The van der Waals surface area contributed by atoms with Gasteiger partial charge in [-0.3, -0.25) is 4.79 Å². The molecule has 1 heterocycles. The molecule has 0 amide bonds. The van der Waals surface area contributed by atoms with E-state index < -0.39 is 11.9 Å². The Labute approximate surface area is 193 Å². The van der Waals surface area contributed by atoms with Crippen LogP contribution in [0, 0.1) is 0 Å². The molecule has 3 rings (SSSR count). The number of ether oxygens (including phenoxy) is 2. The summed E-state index contributed by atoms with van der Waals surface area (Å²) in [6.45, 7) is 6.44. The molecular formula is C24H29ClN2O5. The van der Waals surface area contributed by atoms with Crippen LogP contribution >= 0.6 is 12.4 Å². The number of phenolic OH excluding ortho intramolecular Hbond substituents is 1. The van der Waals surface area contributed by atoms with Gasteiger partial charge in [0.15, 0.2) is 0 Å². The minimum Gasteiger partial charge on any atom is -0.508 e. The number of hydrogen-bond acceptors (Lipinski definition) is 6. The number of fused-ring (bicyclic) bond motifs is 1. The summed E-state index contributed by atoms with van der Waals surface area (Å²) >= 11 is 0. The van der Waals surface area contributed by atoms with Crippen LogP contribution in [-0.4, -0.2) is 47.2 Å². The third-order valence-electron chi connectivity index (χ3n) is 4.97. The van der Waals surface area contributed by atoms with Crippen molar-refractivity contribution in [2.45, 2.75) is 33.9 Å². The Morgan fingerprint density at radius 2 is 1.72 bits per heavy atom. The van der Waals surface area contributed by atoms with Gasteiger partial charge in [0, 0.05) is 36.5 Å². The van der Waals surface area contributed by atoms with Gasteiger partial charge in [-0.1, -0.05) is 0 Å². The Kier molecular flexibility index (Phi) is 8.30. The molecule has 0 aliphatic carbocycles. The molecule has 3 aromatic rings. The highest BCUT2D eigenvalue weighted by atomic mass is 35.5. The Morgan fingerprint density at radius 3 is 2.25 bits per heavy atom. The number of nitrogens with zero attached hydrogens (tertiary/aromatic N) is 2. The quantitative estimate of drug-likeness (QED) is 0.409. The summed E-state index contributed by atoms with van der Waals surface area (Å²) in [7, 11) is 3.82. The molecule has 0 bridgehead atoms. The van der Waals surface area contributed by atoms with Crippen LogP contribution < -0.4 is 4.74 Å². The highest BCUT2D eigenvalue weighted by Crippen LogP contribution is 2.40. The molecule has 0 unspecified atom stereocenters. The average Bonchev–Trinajstić information content (AvgIpc) is 3.05. The van der Waals surface area contributed by atoms with E-state index in [0.29, 0.717) is 41.0 Å². The van der Waals surface area contributed by atoms with Gasteiger partial charge < -0.3 is 24.0 Å². The van der Waals surface area contributed by atoms with E-state index in [1.54, 1.807) is 25.1 Å². The summed E-state index contributed by atoms with van der Waals surface area (Å²) < 4.78 is 12.6. The minimum absolute atomic E-state index is 0. The van der Waals surface area contributed by atoms with Crippen molar-refractivity contribution in [2.24, 2.45) is 0 Å². The zero-order valence-corrected chi connectivity index (χ0v) is 19.8. The molecule has 0 spiro atoms. The number of carbonyl (C=O) groups excluding carboxylic acids is 2. The number of aromatic nitrogens is 1. The summed E-state index contributed by atoms with van der Waals surface area (Å²) in [5.74, 6) is -0.272. The maximum Gasteiger partial charge on any atom is 0.340 e. The van der Waals surface area contributed by atoms with E-state index in [1.807, 2.05) is 48.7 Å². The molecule has 0 atom stereocenters. The van der Waals surface area contributed by atoms with Gasteiger partial charge in [0.25, 0.3) is 0 Å². The van der Waals surface area contributed by atoms with E-state index >= 15 is 0 Å². The number of benzene rings is 2. The van der Waals surface area contributed by atoms with Crippen LogP contribution in [0.25, 0.3) is 22.2 Å². The lowest BCUT2D eigenvalue weighted by Crippen LogP contribution is -2.12. The number of esters is 2. The molecule has 0 saturated carbocycles. The number of halogens is 1. The van der Waals surface area contributed by atoms with Crippen LogP contribution in [0.2, 0.25) is 0 Å². The molecular weight excluding hydrogens is 432 g/mol. The molecule has 7 nitrogen and oxygen atoms in total. The fourth-order valence-corrected chi connectivity index (χ4v) is 3.86. The second kappa shape index (κ2) is 10.5. The first-order valence-electron chi connectivity index (χ1n) is 10.3. The number of rotatable bonds is 7. The predicted molar refractivity (Wildman–Crippen MR) is 127 cm³/mol. The molecule has 1 N–H and O–H groups in total. The van der Waals surface area contributed by atoms with E-state index in [4.69, 9.17) is 9.47 Å². The van der Waals surface area contributed by atoms with Crippen molar-refractivity contribution < 1.29 is 24.2 Å². The van der Waals surface area contributed by atoms with Crippen molar-refractivity contribution in [3.63, 3.8) is 0 Å². The largest absolute Gasteiger partial charge is 0.508 e. The van der Waals surface area contributed by atoms with Gasteiger partial charge in [-0.15, -0.1) is 12.4 Å². The van der Waals surface area contributed by atoms with Crippen LogP contribution in [-0.2, 0) is 22.6 Å². The summed E-state index contributed by atoms with van der Waals surface area (Å²) in [6.07, 6.45) is 0. The number of aromatic hydroxyl groups is 1. The Hall–Kier alpha value is -3.03. The number of hydrogen-bond donors (Lipinski definition) is 1. The number of carbonyl (C=O) groups is 2. The van der Waals surface area contributed by atoms with E-state index in [-0.39, 0.29) is 24.8 Å². The first-order valence-corrected chi connectivity index (χ1v) is 10.3. The molecule has 0 radical (unpaired) electrons. The first kappa shape index (κ1) is 25.2. The molecule has 0 saturated heterocycles. The van der Waals surface area contributed by atoms with E-state index in [2.05, 4.69) is 0 Å². The lowest BCUT2D eigenvalue weighted by Gasteiger charge is -2.14. The third kappa shape index (κ3) is 4.89. The molecule has 8 heteroatoms. The minimum atomic E-state index is -0.440. The van der Waals surface area contributed by atoms with Crippen molar-refractivity contribution in [2.75, 3.05) is 20.7 Å². The zero-order chi connectivity index (χ0) is 22.7. The van der Waals surface area contributed by atoms with Crippen molar-refractivity contribution in [1.29, 1.82) is 0 Å². The highest BCUT2D eigenvalue weighted by molar-refractivity contribution is 6.12. The molecule has 172 valence electrons. The molecule has 0 fully saturated rings. The number of phenols is 1. The Balaban J connectivity index is 0.00000363. The molecule has 0 aliphatic rings. The monoisotopic (exact) mass is 460 g/mol. The molecule has 0 aliphatic heterocycles. The summed E-state index contributed by atoms with van der Waals surface area (Å²) in [4.78, 5) is 26.3. The summed E-state index contributed by atoms with van der Waals surface area (Å²) in [5, 5.41) is 11.3. The standard InChI is InChI=1S/C24H28N2O5.ClH/c1-6-26-19-12-13-20(28)18(14-25(4)5)21(19)22(24(29)30-7-2)23(26)16-8-10-17(11-9-16)31-15(3)27;/h8-13,28H,6-7,14H2,1-5H3;1H. The van der Waals surface area contributed by atoms with Gasteiger partial charge >= 0.3 is 11.9 Å². The summed E-state index contributed by atoms with van der Waals surface area (Å²) in [5.41, 5.74) is 3.43. The second-order valence-electron chi connectivity index (χ2n) is 7.50. The van der Waals surface area contributed by atoms with E-state index in [0.717, 1.165) is 11.1 Å². The van der Waals surface area contributed by atoms with Crippen LogP contribution in [0.1, 0.15) is 36.7 Å². The first-order chi connectivity index (χ1) is 14.8. The smallest absolute Gasteiger partial charge is 0.340 e. The SMILES string of the molecule is CCOC(=O)c1c(-c2ccc(OC(C)=O)cc2)n(CC)c2ccc(O)c(CN(C)C)c12.Cl. The van der Waals surface area contributed by atoms with Gasteiger partial charge in [-0.25, -0.2) is 4.79 Å². The topological polar surface area (TPSA) is 81.0 Å². The third-order valence-corrected chi connectivity index (χ3v) is 4.97. The Morgan fingerprint density at radius 1 is 1.06 bits per heavy atom. The number of aryl methyl sites for hydroxylation is 1. The van der Waals surface area contributed by atoms with Gasteiger partial charge in [0.05, 0.1) is 17.9 Å². The highest BCUT2D eigenvalue weighted by Gasteiger charge is 2.27. The van der Waals surface area contributed by atoms with Crippen molar-refractivity contribution >= 4 is 35.2 Å². The fraction of sp³-hybridized carbons (Fsp3) is 0.333. The fourth-order valence-electron chi connectivity index (χ4n) is 3.86. The average molecular weight is 461 g/mol. The van der Waals surface area contributed by atoms with Crippen LogP contribution in [0.5, 0.6) is 11.5 Å². The maximum absolute atomic E-state index is 13.1. The maximum atomic E-state index is 13.1. The van der Waals surface area contributed by atoms with Crippen molar-refractivity contribution in [3.8, 4) is 22.8 Å².